The van der Waals surface area contributed by atoms with E-state index in [9.17, 15) is 24.3 Å². The minimum Gasteiger partial charge on any atom is -0.486 e. The Morgan fingerprint density at radius 2 is 1.55 bits per heavy atom. The Morgan fingerprint density at radius 1 is 0.864 bits per heavy atom. The van der Waals surface area contributed by atoms with Gasteiger partial charge in [-0.05, 0) is 88.9 Å². The minimum atomic E-state index is -1.49. The fourth-order valence-electron chi connectivity index (χ4n) is 8.07. The van der Waals surface area contributed by atoms with E-state index in [0.29, 0.717) is 18.4 Å². The van der Waals surface area contributed by atoms with Crippen molar-refractivity contribution in [2.75, 3.05) is 32.1 Å². The van der Waals surface area contributed by atoms with Crippen molar-refractivity contribution in [2.45, 2.75) is 82.9 Å². The van der Waals surface area contributed by atoms with Gasteiger partial charge in [-0.3, -0.25) is 19.4 Å². The van der Waals surface area contributed by atoms with E-state index in [4.69, 9.17) is 14.2 Å². The number of hydrogen-bond acceptors (Lipinski definition) is 8. The topological polar surface area (TPSA) is 138 Å². The van der Waals surface area contributed by atoms with Crippen molar-refractivity contribution >= 4 is 29.7 Å². The number of amides is 4. The van der Waals surface area contributed by atoms with Crippen molar-refractivity contribution in [3.63, 3.8) is 0 Å². The number of nitrogens with one attached hydrogen (secondary N) is 1. The third-order valence-electron chi connectivity index (χ3n) is 11.8. The van der Waals surface area contributed by atoms with Crippen LogP contribution in [0, 0.1) is 5.82 Å². The maximum atomic E-state index is 15.2. The van der Waals surface area contributed by atoms with Crippen molar-refractivity contribution in [2.24, 2.45) is 0 Å². The summed E-state index contributed by atoms with van der Waals surface area (Å²) in [6, 6.07) is 34.4. The van der Waals surface area contributed by atoms with E-state index in [1.165, 1.54) is 45.0 Å². The summed E-state index contributed by atoms with van der Waals surface area (Å²) in [6.45, 7) is 6.17. The molecule has 7 rings (SSSR count). The van der Waals surface area contributed by atoms with Crippen LogP contribution in [0.25, 0.3) is 0 Å². The first-order valence-electron chi connectivity index (χ1n) is 22.1. The highest BCUT2D eigenvalue weighted by Gasteiger charge is 2.55. The number of anilines is 1. The number of aliphatic hydroxyl groups is 1. The molecule has 0 unspecified atom stereocenters. The summed E-state index contributed by atoms with van der Waals surface area (Å²) in [5, 5.41) is 15.5. The van der Waals surface area contributed by atoms with Gasteiger partial charge in [0, 0.05) is 49.9 Å². The van der Waals surface area contributed by atoms with Gasteiger partial charge < -0.3 is 29.5 Å². The zero-order valence-corrected chi connectivity index (χ0v) is 38.0. The van der Waals surface area contributed by atoms with Gasteiger partial charge >= 0.3 is 12.2 Å². The van der Waals surface area contributed by atoms with Crippen LogP contribution in [0.5, 0.6) is 5.75 Å². The Kier molecular flexibility index (Phi) is 14.6. The Labute approximate surface area is 385 Å². The normalized spacial score (nSPS) is 16.3. The minimum absolute atomic E-state index is 0.0319. The number of carbonyl (C=O) groups excluding carboxylic acids is 4. The van der Waals surface area contributed by atoms with Gasteiger partial charge in [0.15, 0.2) is 11.6 Å². The zero-order chi connectivity index (χ0) is 47.0. The van der Waals surface area contributed by atoms with Gasteiger partial charge in [0.25, 0.3) is 11.8 Å². The SMILES string of the molecule is CN(C)C(=O)c1cc2cc(c1)N(C(=O)OCc1ccccc1)CC=CCOc1cc(ccc1F)C[C@@H](C[C@@H](O)N(C(=O)OCc1ccccc1)C1(c3cccc(C(C)(C)C)c3)CC1)NC2=O. The van der Waals surface area contributed by atoms with E-state index in [2.05, 4.69) is 32.2 Å². The molecule has 1 saturated carbocycles. The zero-order valence-electron chi connectivity index (χ0n) is 38.0. The van der Waals surface area contributed by atoms with Crippen molar-refractivity contribution in [1.29, 1.82) is 0 Å². The quantitative estimate of drug-likeness (QED) is 0.105. The number of benzene rings is 5. The summed E-state index contributed by atoms with van der Waals surface area (Å²) in [4.78, 5) is 60.6. The predicted molar refractivity (Wildman–Crippen MR) is 250 cm³/mol. The maximum Gasteiger partial charge on any atom is 0.414 e. The molecule has 0 spiro atoms. The predicted octanol–water partition coefficient (Wildman–Crippen LogP) is 9.29. The second-order valence-corrected chi connectivity index (χ2v) is 18.0. The molecule has 5 aromatic rings. The smallest absolute Gasteiger partial charge is 0.414 e. The van der Waals surface area contributed by atoms with Gasteiger partial charge in [-0.1, -0.05) is 118 Å². The number of hydrogen-bond donors (Lipinski definition) is 2. The standard InChI is InChI=1S/C53H57FN4O8/c1-52(2,3)41-19-14-20-42(32-41)53(23-24-53)58(51(63)66-35-37-17-10-7-11-18-37)47(59)33-43-27-38-21-22-45(54)46(28-38)64-26-13-12-25-57(50(62)65-34-36-15-8-6-9-16-36)44-30-39(48(60)55-43)29-40(31-44)49(61)56(4)5/h6-22,28-32,43,47,59H,23-27,33-35H2,1-5H3,(H,55,60)/t43-,47+/m0/s1. The van der Waals surface area contributed by atoms with E-state index in [1.54, 1.807) is 32.3 Å². The Morgan fingerprint density at radius 3 is 2.20 bits per heavy atom. The first-order chi connectivity index (χ1) is 31.6. The van der Waals surface area contributed by atoms with E-state index in [-0.39, 0.29) is 67.2 Å². The second-order valence-electron chi connectivity index (χ2n) is 18.0. The van der Waals surface area contributed by atoms with Gasteiger partial charge in [-0.2, -0.15) is 0 Å². The summed E-state index contributed by atoms with van der Waals surface area (Å²) < 4.78 is 32.7. The van der Waals surface area contributed by atoms with Crippen LogP contribution < -0.4 is 15.0 Å². The number of aliphatic hydroxyl groups excluding tert-OH is 1. The number of fused-ring (bicyclic) bond motifs is 4. The Balaban J connectivity index is 1.26. The molecule has 66 heavy (non-hydrogen) atoms. The molecule has 12 nitrogen and oxygen atoms in total. The Bertz CT molecular complexity index is 2560. The summed E-state index contributed by atoms with van der Waals surface area (Å²) in [5.41, 5.74) is 3.31. The average molecular weight is 897 g/mol. The van der Waals surface area contributed by atoms with Crippen LogP contribution in [-0.4, -0.2) is 78.4 Å². The van der Waals surface area contributed by atoms with E-state index in [0.717, 1.165) is 22.3 Å². The van der Waals surface area contributed by atoms with E-state index < -0.39 is 47.6 Å². The molecule has 4 amide bonds. The van der Waals surface area contributed by atoms with Crippen LogP contribution in [0.15, 0.2) is 133 Å². The fourth-order valence-corrected chi connectivity index (χ4v) is 8.07. The van der Waals surface area contributed by atoms with Crippen molar-refractivity contribution in [3.8, 4) is 5.75 Å². The highest BCUT2D eigenvalue weighted by Crippen LogP contribution is 2.53. The fraction of sp³-hybridized carbons (Fsp3) is 0.321. The second kappa shape index (κ2) is 20.5. The molecule has 1 aliphatic carbocycles. The number of nitrogens with zero attached hydrogens (tertiary/aromatic N) is 3. The third kappa shape index (κ3) is 11.4. The lowest BCUT2D eigenvalue weighted by Gasteiger charge is -2.37. The molecule has 13 heteroatoms. The number of halogens is 1. The Hall–Kier alpha value is -6.99. The van der Waals surface area contributed by atoms with Crippen LogP contribution in [-0.2, 0) is 40.1 Å². The van der Waals surface area contributed by atoms with Crippen molar-refractivity contribution in [1.82, 2.24) is 15.1 Å². The summed E-state index contributed by atoms with van der Waals surface area (Å²) in [6.07, 6.45) is 1.34. The summed E-state index contributed by atoms with van der Waals surface area (Å²) in [7, 11) is 3.16. The summed E-state index contributed by atoms with van der Waals surface area (Å²) >= 11 is 0. The van der Waals surface area contributed by atoms with Crippen LogP contribution in [0.2, 0.25) is 0 Å². The molecule has 0 radical (unpaired) electrons. The lowest BCUT2D eigenvalue weighted by Crippen LogP contribution is -2.51. The van der Waals surface area contributed by atoms with Crippen molar-refractivity contribution in [3.05, 3.63) is 178 Å². The number of rotatable bonds is 10. The molecule has 4 bridgehead atoms. The van der Waals surface area contributed by atoms with Gasteiger partial charge in [-0.15, -0.1) is 0 Å². The molecule has 5 aromatic carbocycles. The molecule has 0 saturated heterocycles. The highest BCUT2D eigenvalue weighted by molar-refractivity contribution is 6.02. The summed E-state index contributed by atoms with van der Waals surface area (Å²) in [5.74, 6) is -1.68. The molecule has 2 atom stereocenters. The third-order valence-corrected chi connectivity index (χ3v) is 11.8. The first kappa shape index (κ1) is 47.0. The van der Waals surface area contributed by atoms with Crippen LogP contribution >= 0.6 is 0 Å². The number of carbonyl (C=O) groups is 4. The molecule has 0 aromatic heterocycles. The molecule has 344 valence electrons. The molecular formula is C53H57FN4O8. The molecule has 1 aliphatic heterocycles. The molecule has 2 aliphatic rings. The molecule has 1 heterocycles. The van der Waals surface area contributed by atoms with Gasteiger partial charge in [0.05, 0.1) is 5.54 Å². The molecule has 1 fully saturated rings. The lowest BCUT2D eigenvalue weighted by atomic mass is 9.85. The van der Waals surface area contributed by atoms with Crippen LogP contribution in [0.3, 0.4) is 0 Å². The number of ether oxygens (including phenoxy) is 3. The van der Waals surface area contributed by atoms with Gasteiger partial charge in [-0.25, -0.2) is 14.0 Å². The largest absolute Gasteiger partial charge is 0.486 e. The van der Waals surface area contributed by atoms with E-state index >= 15 is 4.39 Å². The monoisotopic (exact) mass is 896 g/mol. The van der Waals surface area contributed by atoms with Gasteiger partial charge in [0.1, 0.15) is 26.0 Å². The van der Waals surface area contributed by atoms with Crippen LogP contribution in [0.1, 0.15) is 88.6 Å². The molecule has 2 N–H and O–H groups in total. The lowest BCUT2D eigenvalue weighted by molar-refractivity contribution is -0.0420. The maximum absolute atomic E-state index is 15.2. The van der Waals surface area contributed by atoms with Gasteiger partial charge in [0.2, 0.25) is 0 Å². The van der Waals surface area contributed by atoms with Crippen molar-refractivity contribution < 1.29 is 42.9 Å². The van der Waals surface area contributed by atoms with Crippen LogP contribution in [0.4, 0.5) is 19.7 Å². The first-order valence-corrected chi connectivity index (χ1v) is 22.1. The average Bonchev–Trinajstić information content (AvgIpc) is 4.10. The van der Waals surface area contributed by atoms with E-state index in [1.807, 2.05) is 78.9 Å². The molecular weight excluding hydrogens is 840 g/mol. The highest BCUT2D eigenvalue weighted by atomic mass is 19.1.